The third-order valence-corrected chi connectivity index (χ3v) is 4.97. The molecular formula is C19H18FN7O. The lowest BCUT2D eigenvalue weighted by molar-refractivity contribution is -0.131. The van der Waals surface area contributed by atoms with Gasteiger partial charge in [-0.3, -0.25) is 9.78 Å². The van der Waals surface area contributed by atoms with E-state index in [4.69, 9.17) is 5.26 Å². The SMILES string of the molecule is N#CCC(=O)N1CCC[C@@H](Cc2nc(-c3cnn4ccncc34)ncc2F)C1. The average Bonchev–Trinajstić information content (AvgIpc) is 3.14. The van der Waals surface area contributed by atoms with Gasteiger partial charge in [0.2, 0.25) is 5.91 Å². The van der Waals surface area contributed by atoms with Gasteiger partial charge in [-0.1, -0.05) is 0 Å². The molecule has 3 aromatic rings. The highest BCUT2D eigenvalue weighted by Crippen LogP contribution is 2.25. The molecule has 1 aliphatic heterocycles. The lowest BCUT2D eigenvalue weighted by atomic mass is 9.93. The first-order valence-corrected chi connectivity index (χ1v) is 9.09. The van der Waals surface area contributed by atoms with Crippen molar-refractivity contribution in [1.29, 1.82) is 5.26 Å². The predicted octanol–water partition coefficient (Wildman–Crippen LogP) is 2.02. The molecule has 1 aliphatic rings. The maximum absolute atomic E-state index is 14.4. The smallest absolute Gasteiger partial charge is 0.236 e. The summed E-state index contributed by atoms with van der Waals surface area (Å²) in [5.41, 5.74) is 1.75. The molecule has 0 N–H and O–H groups in total. The zero-order valence-electron chi connectivity index (χ0n) is 15.1. The number of aromatic nitrogens is 5. The Kier molecular flexibility index (Phi) is 4.93. The van der Waals surface area contributed by atoms with E-state index in [9.17, 15) is 9.18 Å². The zero-order valence-corrected chi connectivity index (χ0v) is 15.1. The van der Waals surface area contributed by atoms with Gasteiger partial charge in [0, 0.05) is 25.5 Å². The number of likely N-dealkylation sites (tertiary alicyclic amines) is 1. The topological polar surface area (TPSA) is 100 Å². The van der Waals surface area contributed by atoms with Crippen LogP contribution in [-0.4, -0.2) is 48.5 Å². The molecule has 1 fully saturated rings. The quantitative estimate of drug-likeness (QED) is 0.687. The van der Waals surface area contributed by atoms with Crippen molar-refractivity contribution in [3.05, 3.63) is 42.5 Å². The standard InChI is InChI=1S/C19H18FN7O/c20-15-10-23-19(14-9-24-27-7-5-22-11-17(14)27)25-16(15)8-13-2-1-6-26(12-13)18(28)3-4-21/h5,7,9-11,13H,1-3,6,8,12H2/t13-/m0/s1. The summed E-state index contributed by atoms with van der Waals surface area (Å²) >= 11 is 0. The molecule has 4 heterocycles. The van der Waals surface area contributed by atoms with Crippen LogP contribution < -0.4 is 0 Å². The van der Waals surface area contributed by atoms with Gasteiger partial charge in [0.25, 0.3) is 0 Å². The largest absolute Gasteiger partial charge is 0.342 e. The van der Waals surface area contributed by atoms with Crippen LogP contribution in [0.5, 0.6) is 0 Å². The van der Waals surface area contributed by atoms with E-state index in [1.54, 1.807) is 34.2 Å². The van der Waals surface area contributed by atoms with Gasteiger partial charge in [0.15, 0.2) is 11.6 Å². The minimum absolute atomic E-state index is 0.0965. The van der Waals surface area contributed by atoms with Gasteiger partial charge in [0.05, 0.1) is 41.4 Å². The zero-order chi connectivity index (χ0) is 19.5. The predicted molar refractivity (Wildman–Crippen MR) is 97.2 cm³/mol. The van der Waals surface area contributed by atoms with Crippen molar-refractivity contribution in [2.24, 2.45) is 5.92 Å². The molecule has 0 unspecified atom stereocenters. The third kappa shape index (κ3) is 3.53. The molecule has 0 bridgehead atoms. The van der Waals surface area contributed by atoms with Crippen LogP contribution in [-0.2, 0) is 11.2 Å². The van der Waals surface area contributed by atoms with Crippen LogP contribution in [0.2, 0.25) is 0 Å². The summed E-state index contributed by atoms with van der Waals surface area (Å²) in [4.78, 5) is 26.3. The summed E-state index contributed by atoms with van der Waals surface area (Å²) < 4.78 is 16.0. The highest BCUT2D eigenvalue weighted by Gasteiger charge is 2.25. The number of piperidine rings is 1. The minimum atomic E-state index is -0.459. The first kappa shape index (κ1) is 18.0. The van der Waals surface area contributed by atoms with Gasteiger partial charge >= 0.3 is 0 Å². The summed E-state index contributed by atoms with van der Waals surface area (Å²) in [6.07, 6.45) is 9.83. The summed E-state index contributed by atoms with van der Waals surface area (Å²) in [7, 11) is 0. The second-order valence-corrected chi connectivity index (χ2v) is 6.84. The Bertz CT molecular complexity index is 1060. The fraction of sp³-hybridized carbons (Fsp3) is 0.368. The number of carbonyl (C=O) groups excluding carboxylic acids is 1. The van der Waals surface area contributed by atoms with Gasteiger partial charge in [0.1, 0.15) is 6.42 Å². The first-order chi connectivity index (χ1) is 13.7. The molecule has 0 radical (unpaired) electrons. The molecule has 1 saturated heterocycles. The number of amides is 1. The molecule has 0 spiro atoms. The van der Waals surface area contributed by atoms with Crippen LogP contribution in [0.4, 0.5) is 4.39 Å². The third-order valence-electron chi connectivity index (χ3n) is 4.97. The van der Waals surface area contributed by atoms with E-state index < -0.39 is 5.82 Å². The summed E-state index contributed by atoms with van der Waals surface area (Å²) in [5.74, 6) is -0.138. The maximum atomic E-state index is 14.4. The van der Waals surface area contributed by atoms with Crippen LogP contribution in [0, 0.1) is 23.1 Å². The molecule has 9 heteroatoms. The molecule has 8 nitrogen and oxygen atoms in total. The number of hydrogen-bond acceptors (Lipinski definition) is 6. The number of fused-ring (bicyclic) bond motifs is 1. The maximum Gasteiger partial charge on any atom is 0.236 e. The van der Waals surface area contributed by atoms with Crippen LogP contribution in [0.15, 0.2) is 31.0 Å². The van der Waals surface area contributed by atoms with Crippen molar-refractivity contribution in [3.8, 4) is 17.5 Å². The van der Waals surface area contributed by atoms with Crippen LogP contribution in [0.3, 0.4) is 0 Å². The number of hydrogen-bond donors (Lipinski definition) is 0. The molecular weight excluding hydrogens is 361 g/mol. The van der Waals surface area contributed by atoms with Crippen molar-refractivity contribution >= 4 is 11.4 Å². The van der Waals surface area contributed by atoms with Gasteiger partial charge in [-0.25, -0.2) is 18.9 Å². The molecule has 4 rings (SSSR count). The Hall–Kier alpha value is -3.41. The van der Waals surface area contributed by atoms with Crippen LogP contribution in [0.25, 0.3) is 16.9 Å². The van der Waals surface area contributed by atoms with Crippen LogP contribution in [0.1, 0.15) is 25.0 Å². The Morgan fingerprint density at radius 1 is 1.36 bits per heavy atom. The van der Waals surface area contributed by atoms with Gasteiger partial charge < -0.3 is 4.90 Å². The Labute approximate surface area is 160 Å². The number of nitriles is 1. The number of halogens is 1. The van der Waals surface area contributed by atoms with Gasteiger partial charge in [-0.05, 0) is 25.2 Å². The molecule has 1 atom stereocenters. The Balaban J connectivity index is 1.56. The van der Waals surface area contributed by atoms with Crippen molar-refractivity contribution < 1.29 is 9.18 Å². The van der Waals surface area contributed by atoms with Crippen molar-refractivity contribution in [1.82, 2.24) is 29.5 Å². The molecule has 142 valence electrons. The van der Waals surface area contributed by atoms with E-state index in [1.807, 2.05) is 6.07 Å². The molecule has 0 aromatic carbocycles. The minimum Gasteiger partial charge on any atom is -0.342 e. The fourth-order valence-electron chi connectivity index (χ4n) is 3.59. The summed E-state index contributed by atoms with van der Waals surface area (Å²) in [6.45, 7) is 1.16. The molecule has 28 heavy (non-hydrogen) atoms. The van der Waals surface area contributed by atoms with E-state index in [-0.39, 0.29) is 18.2 Å². The van der Waals surface area contributed by atoms with E-state index >= 15 is 0 Å². The Morgan fingerprint density at radius 2 is 2.25 bits per heavy atom. The first-order valence-electron chi connectivity index (χ1n) is 9.09. The molecule has 3 aromatic heterocycles. The number of rotatable bonds is 4. The molecule has 0 aliphatic carbocycles. The normalized spacial score (nSPS) is 16.9. The second kappa shape index (κ2) is 7.68. The molecule has 1 amide bonds. The van der Waals surface area contributed by atoms with E-state index in [2.05, 4.69) is 20.1 Å². The average molecular weight is 379 g/mol. The summed E-state index contributed by atoms with van der Waals surface area (Å²) in [6, 6.07) is 1.89. The van der Waals surface area contributed by atoms with Crippen molar-refractivity contribution in [2.75, 3.05) is 13.1 Å². The highest BCUT2D eigenvalue weighted by atomic mass is 19.1. The summed E-state index contributed by atoms with van der Waals surface area (Å²) in [5, 5.41) is 13.0. The Morgan fingerprint density at radius 3 is 3.11 bits per heavy atom. The van der Waals surface area contributed by atoms with Crippen LogP contribution >= 0.6 is 0 Å². The van der Waals surface area contributed by atoms with Gasteiger partial charge in [-0.15, -0.1) is 0 Å². The number of nitrogens with zero attached hydrogens (tertiary/aromatic N) is 7. The number of carbonyl (C=O) groups is 1. The van der Waals surface area contributed by atoms with E-state index in [0.717, 1.165) is 18.4 Å². The molecule has 0 saturated carbocycles. The highest BCUT2D eigenvalue weighted by molar-refractivity contribution is 5.78. The van der Waals surface area contributed by atoms with E-state index in [1.165, 1.54) is 6.20 Å². The van der Waals surface area contributed by atoms with Crippen molar-refractivity contribution in [2.45, 2.75) is 25.7 Å². The van der Waals surface area contributed by atoms with Gasteiger partial charge in [-0.2, -0.15) is 10.4 Å². The fourth-order valence-corrected chi connectivity index (χ4v) is 3.59. The monoisotopic (exact) mass is 379 g/mol. The lowest BCUT2D eigenvalue weighted by Gasteiger charge is -2.32. The van der Waals surface area contributed by atoms with Crippen molar-refractivity contribution in [3.63, 3.8) is 0 Å². The lowest BCUT2D eigenvalue weighted by Crippen LogP contribution is -2.40. The second-order valence-electron chi connectivity index (χ2n) is 6.84. The van der Waals surface area contributed by atoms with E-state index in [0.29, 0.717) is 36.6 Å².